The maximum atomic E-state index is 11.3. The standard InChI is InChI=1S/C10H19NO5/c1-9(2,3)16-8(14)11-6(7(12)13)10(4,5)15/h6,15H,1-5H3,(H,11,14)(H,12,13)/p-1/t6-/m1/s1. The number of amides is 1. The molecule has 0 saturated heterocycles. The number of aliphatic carboxylic acids is 1. The molecule has 1 amide bonds. The van der Waals surface area contributed by atoms with E-state index in [4.69, 9.17) is 4.74 Å². The molecule has 0 fully saturated rings. The van der Waals surface area contributed by atoms with Crippen LogP contribution in [0, 0.1) is 0 Å². The van der Waals surface area contributed by atoms with Crippen LogP contribution in [0.4, 0.5) is 4.79 Å². The minimum Gasteiger partial charge on any atom is -0.548 e. The van der Waals surface area contributed by atoms with Crippen molar-refractivity contribution in [1.29, 1.82) is 0 Å². The Morgan fingerprint density at radius 2 is 1.69 bits per heavy atom. The fourth-order valence-electron chi connectivity index (χ4n) is 0.949. The summed E-state index contributed by atoms with van der Waals surface area (Å²) in [4.78, 5) is 22.0. The number of rotatable bonds is 3. The lowest BCUT2D eigenvalue weighted by Crippen LogP contribution is -2.59. The lowest BCUT2D eigenvalue weighted by atomic mass is 9.99. The highest BCUT2D eigenvalue weighted by Crippen LogP contribution is 2.11. The van der Waals surface area contributed by atoms with Crippen LogP contribution < -0.4 is 10.4 Å². The molecule has 6 nitrogen and oxygen atoms in total. The molecule has 0 bridgehead atoms. The van der Waals surface area contributed by atoms with Gasteiger partial charge in [-0.2, -0.15) is 0 Å². The highest BCUT2D eigenvalue weighted by atomic mass is 16.6. The minimum atomic E-state index is -1.63. The van der Waals surface area contributed by atoms with Gasteiger partial charge in [0, 0.05) is 0 Å². The van der Waals surface area contributed by atoms with Crippen molar-refractivity contribution in [2.45, 2.75) is 51.9 Å². The molecule has 6 heteroatoms. The number of carboxylic acids is 1. The second-order valence-corrected chi connectivity index (χ2v) is 5.05. The molecule has 0 saturated carbocycles. The predicted molar refractivity (Wildman–Crippen MR) is 54.5 cm³/mol. The van der Waals surface area contributed by atoms with Crippen LogP contribution in [0.1, 0.15) is 34.6 Å². The van der Waals surface area contributed by atoms with Gasteiger partial charge in [0.2, 0.25) is 0 Å². The molecule has 0 heterocycles. The average Bonchev–Trinajstić information content (AvgIpc) is 1.93. The lowest BCUT2D eigenvalue weighted by molar-refractivity contribution is -0.312. The fraction of sp³-hybridized carbons (Fsp3) is 0.800. The Morgan fingerprint density at radius 3 is 1.94 bits per heavy atom. The van der Waals surface area contributed by atoms with Gasteiger partial charge in [0.25, 0.3) is 0 Å². The average molecular weight is 232 g/mol. The normalized spacial score (nSPS) is 14.1. The summed E-state index contributed by atoms with van der Waals surface area (Å²) in [6.45, 7) is 7.44. The molecular formula is C10H18NO5-. The molecule has 0 aromatic carbocycles. The van der Waals surface area contributed by atoms with E-state index in [0.717, 1.165) is 0 Å². The number of carbonyl (C=O) groups is 2. The molecule has 0 rings (SSSR count). The van der Waals surface area contributed by atoms with Gasteiger partial charge >= 0.3 is 6.09 Å². The van der Waals surface area contributed by atoms with E-state index >= 15 is 0 Å². The van der Waals surface area contributed by atoms with Gasteiger partial charge < -0.3 is 25.1 Å². The maximum Gasteiger partial charge on any atom is 0.408 e. The topological polar surface area (TPSA) is 98.7 Å². The van der Waals surface area contributed by atoms with Crippen molar-refractivity contribution in [2.75, 3.05) is 0 Å². The Labute approximate surface area is 94.6 Å². The van der Waals surface area contributed by atoms with Gasteiger partial charge in [0.1, 0.15) is 5.60 Å². The third-order valence-corrected chi connectivity index (χ3v) is 1.60. The van der Waals surface area contributed by atoms with Crippen LogP contribution in [0.5, 0.6) is 0 Å². The van der Waals surface area contributed by atoms with E-state index in [-0.39, 0.29) is 0 Å². The number of hydrogen-bond donors (Lipinski definition) is 2. The van der Waals surface area contributed by atoms with Crippen LogP contribution in [0.2, 0.25) is 0 Å². The largest absolute Gasteiger partial charge is 0.548 e. The minimum absolute atomic E-state index is 0.736. The second-order valence-electron chi connectivity index (χ2n) is 5.05. The Hall–Kier alpha value is -1.30. The van der Waals surface area contributed by atoms with Crippen molar-refractivity contribution in [1.82, 2.24) is 5.32 Å². The third-order valence-electron chi connectivity index (χ3n) is 1.60. The van der Waals surface area contributed by atoms with Crippen molar-refractivity contribution < 1.29 is 24.5 Å². The number of nitrogens with one attached hydrogen (secondary N) is 1. The summed E-state index contributed by atoms with van der Waals surface area (Å²) in [5, 5.41) is 22.2. The molecule has 1 atom stereocenters. The van der Waals surface area contributed by atoms with Crippen molar-refractivity contribution in [3.05, 3.63) is 0 Å². The summed E-state index contributed by atoms with van der Waals surface area (Å²) >= 11 is 0. The predicted octanol–water partition coefficient (Wildman–Crippen LogP) is -0.599. The molecule has 0 aliphatic heterocycles. The van der Waals surface area contributed by atoms with Crippen molar-refractivity contribution in [2.24, 2.45) is 0 Å². The summed E-state index contributed by atoms with van der Waals surface area (Å²) in [7, 11) is 0. The summed E-state index contributed by atoms with van der Waals surface area (Å²) in [6.07, 6.45) is -0.913. The molecule has 94 valence electrons. The van der Waals surface area contributed by atoms with Crippen LogP contribution >= 0.6 is 0 Å². The van der Waals surface area contributed by atoms with Gasteiger partial charge in [0.05, 0.1) is 17.6 Å². The van der Waals surface area contributed by atoms with Crippen LogP contribution in [0.15, 0.2) is 0 Å². The summed E-state index contributed by atoms with van der Waals surface area (Å²) in [5.74, 6) is -1.57. The Balaban J connectivity index is 4.56. The monoisotopic (exact) mass is 232 g/mol. The molecule has 0 aliphatic carbocycles. The van der Waals surface area contributed by atoms with Crippen LogP contribution in [0.3, 0.4) is 0 Å². The fourth-order valence-corrected chi connectivity index (χ4v) is 0.949. The first-order valence-corrected chi connectivity index (χ1v) is 4.86. The van der Waals surface area contributed by atoms with E-state index in [1.54, 1.807) is 20.8 Å². The van der Waals surface area contributed by atoms with Gasteiger partial charge in [-0.15, -0.1) is 0 Å². The smallest absolute Gasteiger partial charge is 0.408 e. The van der Waals surface area contributed by atoms with E-state index in [0.29, 0.717) is 0 Å². The number of carbonyl (C=O) groups excluding carboxylic acids is 2. The highest BCUT2D eigenvalue weighted by molar-refractivity contribution is 5.79. The number of aliphatic hydroxyl groups is 1. The van der Waals surface area contributed by atoms with E-state index < -0.39 is 29.3 Å². The van der Waals surface area contributed by atoms with Crippen LogP contribution in [-0.2, 0) is 9.53 Å². The number of hydrogen-bond acceptors (Lipinski definition) is 5. The first-order chi connectivity index (χ1) is 6.93. The molecule has 0 aliphatic rings. The van der Waals surface area contributed by atoms with Gasteiger partial charge in [-0.1, -0.05) is 0 Å². The molecule has 2 N–H and O–H groups in total. The second kappa shape index (κ2) is 4.69. The van der Waals surface area contributed by atoms with E-state index in [1.165, 1.54) is 13.8 Å². The lowest BCUT2D eigenvalue weighted by Gasteiger charge is -2.31. The molecular weight excluding hydrogens is 214 g/mol. The zero-order chi connectivity index (χ0) is 13.1. The van der Waals surface area contributed by atoms with E-state index in [1.807, 2.05) is 5.32 Å². The Kier molecular flexibility index (Phi) is 4.31. The molecule has 0 spiro atoms. The zero-order valence-corrected chi connectivity index (χ0v) is 10.2. The molecule has 0 unspecified atom stereocenters. The van der Waals surface area contributed by atoms with E-state index in [2.05, 4.69) is 0 Å². The van der Waals surface area contributed by atoms with E-state index in [9.17, 15) is 19.8 Å². The maximum absolute atomic E-state index is 11.3. The van der Waals surface area contributed by atoms with Crippen molar-refractivity contribution >= 4 is 12.1 Å². The molecule has 0 radical (unpaired) electrons. The van der Waals surface area contributed by atoms with Crippen LogP contribution in [-0.4, -0.2) is 34.4 Å². The molecule has 0 aromatic heterocycles. The Morgan fingerprint density at radius 1 is 1.25 bits per heavy atom. The van der Waals surface area contributed by atoms with Gasteiger partial charge in [-0.3, -0.25) is 0 Å². The first-order valence-electron chi connectivity index (χ1n) is 4.86. The van der Waals surface area contributed by atoms with Gasteiger partial charge in [-0.25, -0.2) is 4.79 Å². The van der Waals surface area contributed by atoms with Gasteiger partial charge in [-0.05, 0) is 34.6 Å². The first kappa shape index (κ1) is 14.7. The number of carboxylic acid groups (broad SMARTS) is 1. The number of alkyl carbamates (subject to hydrolysis) is 1. The van der Waals surface area contributed by atoms with Crippen molar-refractivity contribution in [3.63, 3.8) is 0 Å². The summed E-state index contributed by atoms with van der Waals surface area (Å²) < 4.78 is 4.86. The molecule has 0 aromatic rings. The number of ether oxygens (including phenoxy) is 1. The summed E-state index contributed by atoms with van der Waals surface area (Å²) in [5.41, 5.74) is -2.37. The SMILES string of the molecule is CC(C)(C)OC(=O)N[C@H](C(=O)[O-])C(C)(C)O. The van der Waals surface area contributed by atoms with Crippen molar-refractivity contribution in [3.8, 4) is 0 Å². The quantitative estimate of drug-likeness (QED) is 0.677. The zero-order valence-electron chi connectivity index (χ0n) is 10.2. The summed E-state index contributed by atoms with van der Waals surface area (Å²) in [6, 6.07) is -1.53. The third kappa shape index (κ3) is 5.55. The molecule has 16 heavy (non-hydrogen) atoms. The van der Waals surface area contributed by atoms with Gasteiger partial charge in [0.15, 0.2) is 0 Å². The highest BCUT2D eigenvalue weighted by Gasteiger charge is 2.31. The Bertz CT molecular complexity index is 274. The van der Waals surface area contributed by atoms with Crippen LogP contribution in [0.25, 0.3) is 0 Å².